The molecule has 1 aromatic heterocycles. The molecule has 0 radical (unpaired) electrons. The molecule has 2 aromatic carbocycles. The molecule has 0 fully saturated rings. The number of aromatic nitrogens is 2. The first-order chi connectivity index (χ1) is 12.6. The molecule has 3 rings (SSSR count). The average Bonchev–Trinajstić information content (AvgIpc) is 2.67. The van der Waals surface area contributed by atoms with Crippen molar-refractivity contribution in [3.05, 3.63) is 83.7 Å². The number of anilines is 2. The van der Waals surface area contributed by atoms with Crippen molar-refractivity contribution in [2.75, 3.05) is 10.6 Å². The van der Waals surface area contributed by atoms with Crippen LogP contribution in [0.2, 0.25) is 0 Å². The summed E-state index contributed by atoms with van der Waals surface area (Å²) in [6.45, 7) is 4.80. The third-order valence-corrected chi connectivity index (χ3v) is 4.01. The molecule has 0 aliphatic heterocycles. The Kier molecular flexibility index (Phi) is 5.59. The van der Waals surface area contributed by atoms with Gasteiger partial charge >= 0.3 is 0 Å². The fraction of sp³-hybridized carbons (Fsp3) is 0.190. The number of para-hydroxylation sites is 1. The van der Waals surface area contributed by atoms with Gasteiger partial charge in [0.25, 0.3) is 5.91 Å². The van der Waals surface area contributed by atoms with Crippen LogP contribution in [0.4, 0.5) is 11.6 Å². The van der Waals surface area contributed by atoms with Crippen molar-refractivity contribution in [1.82, 2.24) is 9.97 Å². The Morgan fingerprint density at radius 3 is 2.50 bits per heavy atom. The zero-order valence-electron chi connectivity index (χ0n) is 14.9. The van der Waals surface area contributed by atoms with E-state index in [1.165, 1.54) is 0 Å². The quantitative estimate of drug-likeness (QED) is 0.691. The van der Waals surface area contributed by atoms with Gasteiger partial charge in [0.1, 0.15) is 5.69 Å². The standard InChI is InChI=1S/C21H22N4O/c1-15(2)17-10-6-7-11-18(17)24-20(26)19-12-13-22-21(25-19)23-14-16-8-4-3-5-9-16/h3-13,15H,14H2,1-2H3,(H,24,26)(H,22,23,25). The highest BCUT2D eigenvalue weighted by Crippen LogP contribution is 2.24. The first-order valence-corrected chi connectivity index (χ1v) is 8.64. The van der Waals surface area contributed by atoms with Crippen LogP contribution >= 0.6 is 0 Å². The summed E-state index contributed by atoms with van der Waals surface area (Å²) in [5.74, 6) is 0.502. The molecule has 0 spiro atoms. The molecule has 0 unspecified atom stereocenters. The normalized spacial score (nSPS) is 10.6. The van der Waals surface area contributed by atoms with Crippen molar-refractivity contribution >= 4 is 17.5 Å². The molecule has 0 aliphatic carbocycles. The highest BCUT2D eigenvalue weighted by atomic mass is 16.1. The molecule has 5 nitrogen and oxygen atoms in total. The third kappa shape index (κ3) is 4.45. The Labute approximate surface area is 153 Å². The Balaban J connectivity index is 1.70. The molecule has 132 valence electrons. The van der Waals surface area contributed by atoms with Crippen LogP contribution in [0, 0.1) is 0 Å². The molecular formula is C21H22N4O. The minimum absolute atomic E-state index is 0.247. The third-order valence-electron chi connectivity index (χ3n) is 4.01. The Hall–Kier alpha value is -3.21. The second kappa shape index (κ2) is 8.25. The van der Waals surface area contributed by atoms with E-state index in [-0.39, 0.29) is 5.91 Å². The summed E-state index contributed by atoms with van der Waals surface area (Å²) in [5, 5.41) is 6.10. The predicted molar refractivity (Wildman–Crippen MR) is 104 cm³/mol. The number of carbonyl (C=O) groups is 1. The lowest BCUT2D eigenvalue weighted by Gasteiger charge is -2.13. The van der Waals surface area contributed by atoms with Crippen LogP contribution in [0.5, 0.6) is 0 Å². The second-order valence-electron chi connectivity index (χ2n) is 6.30. The molecule has 0 atom stereocenters. The van der Waals surface area contributed by atoms with Crippen molar-refractivity contribution in [2.24, 2.45) is 0 Å². The van der Waals surface area contributed by atoms with E-state index in [2.05, 4.69) is 34.4 Å². The van der Waals surface area contributed by atoms with E-state index in [1.807, 2.05) is 54.6 Å². The van der Waals surface area contributed by atoms with Gasteiger partial charge in [0.2, 0.25) is 5.95 Å². The number of hydrogen-bond donors (Lipinski definition) is 2. The molecule has 3 aromatic rings. The van der Waals surface area contributed by atoms with E-state index >= 15 is 0 Å². The van der Waals surface area contributed by atoms with Crippen LogP contribution in [0.15, 0.2) is 66.9 Å². The molecule has 0 bridgehead atoms. The summed E-state index contributed by atoms with van der Waals surface area (Å²) in [6.07, 6.45) is 1.59. The maximum absolute atomic E-state index is 12.6. The predicted octanol–water partition coefficient (Wildman–Crippen LogP) is 4.46. The van der Waals surface area contributed by atoms with Gasteiger partial charge in [-0.25, -0.2) is 9.97 Å². The van der Waals surface area contributed by atoms with E-state index in [9.17, 15) is 4.79 Å². The van der Waals surface area contributed by atoms with Gasteiger partial charge in [-0.3, -0.25) is 4.79 Å². The second-order valence-corrected chi connectivity index (χ2v) is 6.30. The number of benzene rings is 2. The Morgan fingerprint density at radius 1 is 1.00 bits per heavy atom. The van der Waals surface area contributed by atoms with Gasteiger partial charge in [-0.2, -0.15) is 0 Å². The minimum atomic E-state index is -0.247. The van der Waals surface area contributed by atoms with Crippen LogP contribution in [0.3, 0.4) is 0 Å². The number of rotatable bonds is 6. The first-order valence-electron chi connectivity index (χ1n) is 8.64. The van der Waals surface area contributed by atoms with Crippen LogP contribution in [0.25, 0.3) is 0 Å². The summed E-state index contributed by atoms with van der Waals surface area (Å²) in [5.41, 5.74) is 3.35. The van der Waals surface area contributed by atoms with Gasteiger partial charge in [0, 0.05) is 18.4 Å². The lowest BCUT2D eigenvalue weighted by Crippen LogP contribution is -2.16. The molecule has 1 amide bonds. The Bertz CT molecular complexity index is 878. The lowest BCUT2D eigenvalue weighted by atomic mass is 10.0. The van der Waals surface area contributed by atoms with Gasteiger partial charge in [0.05, 0.1) is 0 Å². The van der Waals surface area contributed by atoms with Crippen LogP contribution in [-0.4, -0.2) is 15.9 Å². The summed E-state index contributed by atoms with van der Waals surface area (Å²) in [4.78, 5) is 21.1. The molecule has 2 N–H and O–H groups in total. The topological polar surface area (TPSA) is 66.9 Å². The van der Waals surface area contributed by atoms with E-state index in [1.54, 1.807) is 12.3 Å². The maximum Gasteiger partial charge on any atom is 0.274 e. The summed E-state index contributed by atoms with van der Waals surface area (Å²) < 4.78 is 0. The first kappa shape index (κ1) is 17.6. The van der Waals surface area contributed by atoms with Gasteiger partial charge in [-0.1, -0.05) is 62.4 Å². The smallest absolute Gasteiger partial charge is 0.274 e. The van der Waals surface area contributed by atoms with Crippen LogP contribution < -0.4 is 10.6 Å². The highest BCUT2D eigenvalue weighted by Gasteiger charge is 2.12. The Morgan fingerprint density at radius 2 is 1.73 bits per heavy atom. The van der Waals surface area contributed by atoms with E-state index in [0.29, 0.717) is 24.1 Å². The molecule has 5 heteroatoms. The van der Waals surface area contributed by atoms with E-state index < -0.39 is 0 Å². The molecule has 1 heterocycles. The van der Waals surface area contributed by atoms with Crippen molar-refractivity contribution in [3.63, 3.8) is 0 Å². The SMILES string of the molecule is CC(C)c1ccccc1NC(=O)c1ccnc(NCc2ccccc2)n1. The number of hydrogen-bond acceptors (Lipinski definition) is 4. The van der Waals surface area contributed by atoms with Gasteiger partial charge in [-0.05, 0) is 29.2 Å². The molecule has 0 aliphatic rings. The summed E-state index contributed by atoms with van der Waals surface area (Å²) in [7, 11) is 0. The monoisotopic (exact) mass is 346 g/mol. The molecule has 0 saturated carbocycles. The van der Waals surface area contributed by atoms with Crippen LogP contribution in [-0.2, 0) is 6.54 Å². The number of carbonyl (C=O) groups excluding carboxylic acids is 1. The van der Waals surface area contributed by atoms with Crippen LogP contribution in [0.1, 0.15) is 41.4 Å². The largest absolute Gasteiger partial charge is 0.350 e. The van der Waals surface area contributed by atoms with Gasteiger partial charge < -0.3 is 10.6 Å². The van der Waals surface area contributed by atoms with Crippen molar-refractivity contribution in [1.29, 1.82) is 0 Å². The van der Waals surface area contributed by atoms with Gasteiger partial charge in [-0.15, -0.1) is 0 Å². The zero-order valence-corrected chi connectivity index (χ0v) is 14.9. The molecule has 26 heavy (non-hydrogen) atoms. The van der Waals surface area contributed by atoms with E-state index in [0.717, 1.165) is 16.8 Å². The zero-order chi connectivity index (χ0) is 18.4. The average molecular weight is 346 g/mol. The van der Waals surface area contributed by atoms with Crippen molar-refractivity contribution in [3.8, 4) is 0 Å². The minimum Gasteiger partial charge on any atom is -0.350 e. The summed E-state index contributed by atoms with van der Waals surface area (Å²) >= 11 is 0. The van der Waals surface area contributed by atoms with E-state index in [4.69, 9.17) is 0 Å². The molecular weight excluding hydrogens is 324 g/mol. The number of nitrogens with zero attached hydrogens (tertiary/aromatic N) is 2. The van der Waals surface area contributed by atoms with Crippen molar-refractivity contribution < 1.29 is 4.79 Å². The number of nitrogens with one attached hydrogen (secondary N) is 2. The fourth-order valence-electron chi connectivity index (χ4n) is 2.65. The lowest BCUT2D eigenvalue weighted by molar-refractivity contribution is 0.102. The summed E-state index contributed by atoms with van der Waals surface area (Å²) in [6, 6.07) is 19.4. The maximum atomic E-state index is 12.6. The van der Waals surface area contributed by atoms with Gasteiger partial charge in [0.15, 0.2) is 0 Å². The number of amides is 1. The molecule has 0 saturated heterocycles. The van der Waals surface area contributed by atoms with Crippen molar-refractivity contribution in [2.45, 2.75) is 26.3 Å². The fourth-order valence-corrected chi connectivity index (χ4v) is 2.65. The highest BCUT2D eigenvalue weighted by molar-refractivity contribution is 6.03.